The van der Waals surface area contributed by atoms with Crippen LogP contribution in [0.4, 0.5) is 0 Å². The Kier molecular flexibility index (Phi) is 3.99. The molecule has 1 aromatic carbocycles. The lowest BCUT2D eigenvalue weighted by Crippen LogP contribution is -2.23. The standard InChI is InChI=1S/C13H14ClN3O/c1-9-12(8-16-17-9)7-15-13(18)11-4-2-3-10(5-11)6-14/h2-5,8H,6-7H2,1H3,(H,15,18)(H,16,17). The molecule has 0 unspecified atom stereocenters. The molecular weight excluding hydrogens is 250 g/mol. The zero-order valence-corrected chi connectivity index (χ0v) is 10.8. The van der Waals surface area contributed by atoms with E-state index in [1.165, 1.54) is 0 Å². The van der Waals surface area contributed by atoms with Crippen LogP contribution in [0, 0.1) is 6.92 Å². The first-order valence-corrected chi connectivity index (χ1v) is 6.16. The molecule has 1 aromatic heterocycles. The van der Waals surface area contributed by atoms with Crippen LogP contribution in [-0.2, 0) is 12.4 Å². The maximum atomic E-state index is 11.9. The summed E-state index contributed by atoms with van der Waals surface area (Å²) in [5.41, 5.74) is 3.50. The molecule has 18 heavy (non-hydrogen) atoms. The van der Waals surface area contributed by atoms with Crippen LogP contribution in [0.2, 0.25) is 0 Å². The van der Waals surface area contributed by atoms with Gasteiger partial charge in [-0.05, 0) is 24.6 Å². The summed E-state index contributed by atoms with van der Waals surface area (Å²) in [5.74, 6) is 0.296. The zero-order chi connectivity index (χ0) is 13.0. The van der Waals surface area contributed by atoms with Gasteiger partial charge >= 0.3 is 0 Å². The van der Waals surface area contributed by atoms with Crippen molar-refractivity contribution in [2.45, 2.75) is 19.3 Å². The number of alkyl halides is 1. The first kappa shape index (κ1) is 12.6. The van der Waals surface area contributed by atoms with Crippen molar-refractivity contribution in [1.82, 2.24) is 15.5 Å². The van der Waals surface area contributed by atoms with Gasteiger partial charge in [0.15, 0.2) is 0 Å². The van der Waals surface area contributed by atoms with Gasteiger partial charge in [0.25, 0.3) is 5.91 Å². The van der Waals surface area contributed by atoms with Gasteiger partial charge in [0.1, 0.15) is 0 Å². The lowest BCUT2D eigenvalue weighted by molar-refractivity contribution is 0.0951. The van der Waals surface area contributed by atoms with E-state index < -0.39 is 0 Å². The maximum Gasteiger partial charge on any atom is 0.251 e. The summed E-state index contributed by atoms with van der Waals surface area (Å²) in [4.78, 5) is 11.9. The highest BCUT2D eigenvalue weighted by atomic mass is 35.5. The number of nitrogens with one attached hydrogen (secondary N) is 2. The van der Waals surface area contributed by atoms with Crippen molar-refractivity contribution < 1.29 is 4.79 Å². The lowest BCUT2D eigenvalue weighted by atomic mass is 10.1. The molecular formula is C13H14ClN3O. The highest BCUT2D eigenvalue weighted by Crippen LogP contribution is 2.08. The normalized spacial score (nSPS) is 10.3. The number of rotatable bonds is 4. The van der Waals surface area contributed by atoms with Crippen molar-refractivity contribution in [2.24, 2.45) is 0 Å². The Labute approximate surface area is 110 Å². The average Bonchev–Trinajstić information content (AvgIpc) is 2.81. The second-order valence-electron chi connectivity index (χ2n) is 4.04. The van der Waals surface area contributed by atoms with Gasteiger partial charge in [-0.1, -0.05) is 12.1 Å². The third kappa shape index (κ3) is 2.90. The number of hydrogen-bond acceptors (Lipinski definition) is 2. The number of aromatic amines is 1. The Morgan fingerprint density at radius 3 is 3.00 bits per heavy atom. The van der Waals surface area contributed by atoms with Gasteiger partial charge in [0.2, 0.25) is 0 Å². The van der Waals surface area contributed by atoms with Gasteiger partial charge in [-0.3, -0.25) is 9.89 Å². The molecule has 0 radical (unpaired) electrons. The highest BCUT2D eigenvalue weighted by molar-refractivity contribution is 6.17. The van der Waals surface area contributed by atoms with Crippen molar-refractivity contribution in [3.8, 4) is 0 Å². The second kappa shape index (κ2) is 5.69. The Balaban J connectivity index is 2.01. The third-order valence-electron chi connectivity index (χ3n) is 2.72. The molecule has 0 aliphatic heterocycles. The highest BCUT2D eigenvalue weighted by Gasteiger charge is 2.07. The molecule has 4 nitrogen and oxygen atoms in total. The molecule has 0 aliphatic carbocycles. The van der Waals surface area contributed by atoms with Crippen molar-refractivity contribution in [3.63, 3.8) is 0 Å². The van der Waals surface area contributed by atoms with Gasteiger partial charge in [0.05, 0.1) is 6.20 Å². The smallest absolute Gasteiger partial charge is 0.251 e. The quantitative estimate of drug-likeness (QED) is 0.832. The van der Waals surface area contributed by atoms with Crippen LogP contribution in [0.3, 0.4) is 0 Å². The summed E-state index contributed by atoms with van der Waals surface area (Å²) in [5, 5.41) is 9.59. The van der Waals surface area contributed by atoms with Crippen molar-refractivity contribution in [3.05, 3.63) is 52.8 Å². The minimum atomic E-state index is -0.109. The van der Waals surface area contributed by atoms with Gasteiger partial charge in [-0.2, -0.15) is 5.10 Å². The molecule has 0 aliphatic rings. The number of nitrogens with zero attached hydrogens (tertiary/aromatic N) is 1. The lowest BCUT2D eigenvalue weighted by Gasteiger charge is -2.05. The molecule has 0 saturated carbocycles. The van der Waals surface area contributed by atoms with Crippen molar-refractivity contribution in [2.75, 3.05) is 0 Å². The number of H-pyrrole nitrogens is 1. The van der Waals surface area contributed by atoms with E-state index in [9.17, 15) is 4.79 Å². The van der Waals surface area contributed by atoms with Crippen molar-refractivity contribution >= 4 is 17.5 Å². The number of amides is 1. The van der Waals surface area contributed by atoms with Crippen LogP contribution in [-0.4, -0.2) is 16.1 Å². The number of carbonyl (C=O) groups is 1. The molecule has 0 fully saturated rings. The summed E-state index contributed by atoms with van der Waals surface area (Å²) in [7, 11) is 0. The number of carbonyl (C=O) groups excluding carboxylic acids is 1. The maximum absolute atomic E-state index is 11.9. The summed E-state index contributed by atoms with van der Waals surface area (Å²) in [6.07, 6.45) is 1.71. The monoisotopic (exact) mass is 263 g/mol. The van der Waals surface area contributed by atoms with E-state index in [0.717, 1.165) is 16.8 Å². The predicted molar refractivity (Wildman–Crippen MR) is 70.5 cm³/mol. The van der Waals surface area contributed by atoms with E-state index in [4.69, 9.17) is 11.6 Å². The van der Waals surface area contributed by atoms with Crippen LogP contribution < -0.4 is 5.32 Å². The first-order chi connectivity index (χ1) is 8.70. The van der Waals surface area contributed by atoms with E-state index >= 15 is 0 Å². The minimum Gasteiger partial charge on any atom is -0.348 e. The molecule has 2 aromatic rings. The van der Waals surface area contributed by atoms with E-state index in [2.05, 4.69) is 15.5 Å². The SMILES string of the molecule is Cc1[nH]ncc1CNC(=O)c1cccc(CCl)c1. The predicted octanol–water partition coefficient (Wildman–Crippen LogP) is 2.39. The zero-order valence-electron chi connectivity index (χ0n) is 10.0. The van der Waals surface area contributed by atoms with Crippen LogP contribution in [0.25, 0.3) is 0 Å². The summed E-state index contributed by atoms with van der Waals surface area (Å²) >= 11 is 5.74. The topological polar surface area (TPSA) is 57.8 Å². The fourth-order valence-corrected chi connectivity index (χ4v) is 1.79. The van der Waals surface area contributed by atoms with Gasteiger partial charge in [-0.25, -0.2) is 0 Å². The summed E-state index contributed by atoms with van der Waals surface area (Å²) in [6.45, 7) is 2.38. The first-order valence-electron chi connectivity index (χ1n) is 5.62. The largest absolute Gasteiger partial charge is 0.348 e. The van der Waals surface area contributed by atoms with Crippen LogP contribution in [0.1, 0.15) is 27.2 Å². The average molecular weight is 264 g/mol. The number of aromatic nitrogens is 2. The van der Waals surface area contributed by atoms with Crippen LogP contribution in [0.5, 0.6) is 0 Å². The molecule has 5 heteroatoms. The number of benzene rings is 1. The Bertz CT molecular complexity index is 551. The van der Waals surface area contributed by atoms with Crippen molar-refractivity contribution in [1.29, 1.82) is 0 Å². The Hall–Kier alpha value is -1.81. The van der Waals surface area contributed by atoms with E-state index in [1.54, 1.807) is 18.3 Å². The fraction of sp³-hybridized carbons (Fsp3) is 0.231. The molecule has 2 N–H and O–H groups in total. The van der Waals surface area contributed by atoms with Gasteiger partial charge in [-0.15, -0.1) is 11.6 Å². The number of hydrogen-bond donors (Lipinski definition) is 2. The molecule has 1 amide bonds. The summed E-state index contributed by atoms with van der Waals surface area (Å²) in [6, 6.07) is 7.29. The minimum absolute atomic E-state index is 0.109. The van der Waals surface area contributed by atoms with E-state index in [0.29, 0.717) is 18.0 Å². The third-order valence-corrected chi connectivity index (χ3v) is 3.03. The fourth-order valence-electron chi connectivity index (χ4n) is 1.63. The molecule has 0 spiro atoms. The molecule has 1 heterocycles. The van der Waals surface area contributed by atoms with Gasteiger partial charge < -0.3 is 5.32 Å². The molecule has 94 valence electrons. The molecule has 0 saturated heterocycles. The molecule has 2 rings (SSSR count). The Morgan fingerprint density at radius 2 is 2.33 bits per heavy atom. The number of aryl methyl sites for hydroxylation is 1. The van der Waals surface area contributed by atoms with E-state index in [1.807, 2.05) is 19.1 Å². The molecule has 0 bridgehead atoms. The molecule has 0 atom stereocenters. The second-order valence-corrected chi connectivity index (χ2v) is 4.30. The van der Waals surface area contributed by atoms with Gasteiger partial charge in [0, 0.05) is 29.2 Å². The van der Waals surface area contributed by atoms with Crippen LogP contribution in [0.15, 0.2) is 30.5 Å². The Morgan fingerprint density at radius 1 is 1.50 bits per heavy atom. The van der Waals surface area contributed by atoms with E-state index in [-0.39, 0.29) is 5.91 Å². The summed E-state index contributed by atoms with van der Waals surface area (Å²) < 4.78 is 0. The number of halogens is 1. The van der Waals surface area contributed by atoms with Crippen LogP contribution >= 0.6 is 11.6 Å².